The Morgan fingerprint density at radius 3 is 2.56 bits per heavy atom. The minimum atomic E-state index is -4.52. The summed E-state index contributed by atoms with van der Waals surface area (Å²) in [4.78, 5) is 10.9. The maximum absolute atomic E-state index is 12.2. The van der Waals surface area contributed by atoms with Gasteiger partial charge in [-0.3, -0.25) is 0 Å². The summed E-state index contributed by atoms with van der Waals surface area (Å²) in [6.07, 6.45) is 0. The van der Waals surface area contributed by atoms with Crippen molar-refractivity contribution in [2.45, 2.75) is 10.4 Å². The maximum Gasteiger partial charge on any atom is 0.446 e. The van der Waals surface area contributed by atoms with Crippen LogP contribution in [0.4, 0.5) is 13.2 Å². The van der Waals surface area contributed by atoms with Gasteiger partial charge >= 0.3 is 11.5 Å². The van der Waals surface area contributed by atoms with E-state index in [0.29, 0.717) is 0 Å². The average Bonchev–Trinajstić information content (AvgIpc) is 2.28. The molecule has 0 saturated heterocycles. The number of nitriles is 1. The molecular weight excluding hydrogens is 291 g/mol. The van der Waals surface area contributed by atoms with Crippen LogP contribution < -0.4 is 0 Å². The molecule has 0 aliphatic heterocycles. The van der Waals surface area contributed by atoms with E-state index in [2.05, 4.69) is 4.74 Å². The lowest BCUT2D eigenvalue weighted by atomic mass is 10.1. The normalized spacial score (nSPS) is 10.9. The molecule has 1 rings (SSSR count). The van der Waals surface area contributed by atoms with E-state index in [1.165, 1.54) is 0 Å². The molecule has 0 aliphatic carbocycles. The highest BCUT2D eigenvalue weighted by Crippen LogP contribution is 2.41. The number of halogens is 4. The molecule has 0 atom stereocenters. The van der Waals surface area contributed by atoms with Crippen LogP contribution >= 0.6 is 23.4 Å². The summed E-state index contributed by atoms with van der Waals surface area (Å²) in [5.41, 5.74) is -5.03. The fourth-order valence-corrected chi connectivity index (χ4v) is 2.05. The van der Waals surface area contributed by atoms with Crippen molar-refractivity contribution < 1.29 is 22.7 Å². The van der Waals surface area contributed by atoms with Crippen molar-refractivity contribution in [1.82, 2.24) is 0 Å². The van der Waals surface area contributed by atoms with Crippen LogP contribution in [0.3, 0.4) is 0 Å². The van der Waals surface area contributed by atoms with Gasteiger partial charge < -0.3 is 4.74 Å². The highest BCUT2D eigenvalue weighted by Gasteiger charge is 2.31. The molecule has 0 N–H and O–H groups in total. The fourth-order valence-electron chi connectivity index (χ4n) is 1.15. The van der Waals surface area contributed by atoms with Crippen LogP contribution in [0.15, 0.2) is 17.0 Å². The molecule has 0 aromatic heterocycles. The number of nitrogens with zero attached hydrogens (tertiary/aromatic N) is 1. The third-order valence-corrected chi connectivity index (χ3v) is 3.15. The zero-order chi connectivity index (χ0) is 13.9. The number of hydrogen-bond donors (Lipinski definition) is 0. The zero-order valence-corrected chi connectivity index (χ0v) is 10.4. The molecule has 96 valence electrons. The SMILES string of the molecule is COC(=O)c1ccc(SC(F)(F)F)c(Cl)c1C#N. The summed E-state index contributed by atoms with van der Waals surface area (Å²) in [7, 11) is 1.09. The lowest BCUT2D eigenvalue weighted by molar-refractivity contribution is -0.0328. The van der Waals surface area contributed by atoms with Crippen LogP contribution in [0.1, 0.15) is 15.9 Å². The molecule has 8 heteroatoms. The van der Waals surface area contributed by atoms with Crippen LogP contribution in [0, 0.1) is 11.3 Å². The Bertz CT molecular complexity index is 525. The first-order chi connectivity index (χ1) is 8.30. The molecule has 0 bridgehead atoms. The third-order valence-electron chi connectivity index (χ3n) is 1.85. The van der Waals surface area contributed by atoms with Crippen molar-refractivity contribution in [3.63, 3.8) is 0 Å². The van der Waals surface area contributed by atoms with Gasteiger partial charge in [0.25, 0.3) is 0 Å². The number of rotatable bonds is 2. The minimum Gasteiger partial charge on any atom is -0.465 e. The molecule has 1 aromatic rings. The van der Waals surface area contributed by atoms with Gasteiger partial charge in [0, 0.05) is 4.90 Å². The molecule has 0 unspecified atom stereocenters. The van der Waals surface area contributed by atoms with Gasteiger partial charge in [-0.2, -0.15) is 18.4 Å². The van der Waals surface area contributed by atoms with Crippen LogP contribution in [0.25, 0.3) is 0 Å². The summed E-state index contributed by atoms with van der Waals surface area (Å²) in [6, 6.07) is 3.69. The number of methoxy groups -OCH3 is 1. The second-order valence-corrected chi connectivity index (χ2v) is 4.44. The van der Waals surface area contributed by atoms with Crippen molar-refractivity contribution in [2.75, 3.05) is 7.11 Å². The van der Waals surface area contributed by atoms with Gasteiger partial charge in [0.1, 0.15) is 6.07 Å². The topological polar surface area (TPSA) is 50.1 Å². The molecule has 3 nitrogen and oxygen atoms in total. The van der Waals surface area contributed by atoms with E-state index in [4.69, 9.17) is 16.9 Å². The summed E-state index contributed by atoms with van der Waals surface area (Å²) < 4.78 is 41.0. The smallest absolute Gasteiger partial charge is 0.446 e. The summed E-state index contributed by atoms with van der Waals surface area (Å²) in [6.45, 7) is 0. The van der Waals surface area contributed by atoms with Gasteiger partial charge in [-0.25, -0.2) is 4.79 Å². The van der Waals surface area contributed by atoms with Crippen LogP contribution in [-0.2, 0) is 4.74 Å². The van der Waals surface area contributed by atoms with Crippen molar-refractivity contribution in [2.24, 2.45) is 0 Å². The molecular formula is C10H5ClF3NO2S. The van der Waals surface area contributed by atoms with Gasteiger partial charge in [0.15, 0.2) is 0 Å². The number of carbonyl (C=O) groups is 1. The van der Waals surface area contributed by atoms with Gasteiger partial charge in [-0.05, 0) is 23.9 Å². The molecule has 0 saturated carbocycles. The largest absolute Gasteiger partial charge is 0.465 e. The second-order valence-electron chi connectivity index (χ2n) is 2.95. The predicted octanol–water partition coefficient (Wildman–Crippen LogP) is 3.61. The highest BCUT2D eigenvalue weighted by atomic mass is 35.5. The van der Waals surface area contributed by atoms with Gasteiger partial charge in [-0.1, -0.05) is 11.6 Å². The lowest BCUT2D eigenvalue weighted by Crippen LogP contribution is -2.06. The van der Waals surface area contributed by atoms with Crippen LogP contribution in [0.2, 0.25) is 5.02 Å². The maximum atomic E-state index is 12.2. The number of thioether (sulfide) groups is 1. The molecule has 18 heavy (non-hydrogen) atoms. The molecule has 0 fully saturated rings. The van der Waals surface area contributed by atoms with Crippen molar-refractivity contribution in [3.8, 4) is 6.07 Å². The van der Waals surface area contributed by atoms with E-state index in [9.17, 15) is 18.0 Å². The molecule has 0 heterocycles. The number of ether oxygens (including phenoxy) is 1. The minimum absolute atomic E-state index is 0.170. The standard InChI is InChI=1S/C10H5ClF3NO2S/c1-17-9(16)5-2-3-7(18-10(12,13)14)8(11)6(5)4-15/h2-3H,1H3. The lowest BCUT2D eigenvalue weighted by Gasteiger charge is -2.10. The van der Waals surface area contributed by atoms with Gasteiger partial charge in [-0.15, -0.1) is 0 Å². The number of hydrogen-bond acceptors (Lipinski definition) is 4. The number of alkyl halides is 3. The van der Waals surface area contributed by atoms with E-state index >= 15 is 0 Å². The first kappa shape index (κ1) is 14.7. The number of benzene rings is 1. The van der Waals surface area contributed by atoms with E-state index in [0.717, 1.165) is 19.2 Å². The van der Waals surface area contributed by atoms with Crippen LogP contribution in [-0.4, -0.2) is 18.6 Å². The molecule has 0 amide bonds. The average molecular weight is 296 g/mol. The monoisotopic (exact) mass is 295 g/mol. The van der Waals surface area contributed by atoms with Crippen molar-refractivity contribution in [1.29, 1.82) is 5.26 Å². The summed E-state index contributed by atoms with van der Waals surface area (Å²) in [5.74, 6) is -0.836. The Morgan fingerprint density at radius 1 is 1.50 bits per heavy atom. The molecule has 0 spiro atoms. The second kappa shape index (κ2) is 5.50. The first-order valence-corrected chi connectivity index (χ1v) is 5.56. The van der Waals surface area contributed by atoms with Crippen LogP contribution in [0.5, 0.6) is 0 Å². The van der Waals surface area contributed by atoms with E-state index < -0.39 is 28.3 Å². The third kappa shape index (κ3) is 3.31. The van der Waals surface area contributed by atoms with E-state index in [1.807, 2.05) is 0 Å². The molecule has 1 aromatic carbocycles. The highest BCUT2D eigenvalue weighted by molar-refractivity contribution is 8.00. The summed E-state index contributed by atoms with van der Waals surface area (Å²) in [5, 5.41) is 8.42. The Hall–Kier alpha value is -1.39. The fraction of sp³-hybridized carbons (Fsp3) is 0.200. The Kier molecular flexibility index (Phi) is 4.48. The number of carbonyl (C=O) groups excluding carboxylic acids is 1. The van der Waals surface area contributed by atoms with Gasteiger partial charge in [0.2, 0.25) is 0 Å². The summed E-state index contributed by atoms with van der Waals surface area (Å²) >= 11 is 5.22. The predicted molar refractivity (Wildman–Crippen MR) is 59.4 cm³/mol. The zero-order valence-electron chi connectivity index (χ0n) is 8.84. The Labute approximate surface area is 109 Å². The first-order valence-electron chi connectivity index (χ1n) is 4.36. The van der Waals surface area contributed by atoms with Crippen molar-refractivity contribution in [3.05, 3.63) is 28.3 Å². The van der Waals surface area contributed by atoms with E-state index in [-0.39, 0.29) is 16.0 Å². The Balaban J connectivity index is 3.30. The molecule has 0 aliphatic rings. The van der Waals surface area contributed by atoms with Crippen molar-refractivity contribution >= 4 is 29.3 Å². The molecule has 0 radical (unpaired) electrons. The Morgan fingerprint density at radius 2 is 2.11 bits per heavy atom. The van der Waals surface area contributed by atoms with E-state index in [1.54, 1.807) is 6.07 Å². The van der Waals surface area contributed by atoms with Gasteiger partial charge in [0.05, 0.1) is 23.3 Å². The number of esters is 1. The quantitative estimate of drug-likeness (QED) is 0.618.